The molecule has 6 nitrogen and oxygen atoms in total. The molecule has 0 aliphatic rings. The first-order valence-corrected chi connectivity index (χ1v) is 6.51. The van der Waals surface area contributed by atoms with Gasteiger partial charge in [0.05, 0.1) is 26.4 Å². The Morgan fingerprint density at radius 3 is 2.94 bits per heavy atom. The Balaban J connectivity index is 2.22. The maximum absolute atomic E-state index is 8.56. The van der Waals surface area contributed by atoms with Gasteiger partial charge in [0, 0.05) is 13.1 Å². The monoisotopic (exact) mass is 260 g/mol. The zero-order chi connectivity index (χ0) is 12.5. The van der Waals surface area contributed by atoms with Gasteiger partial charge < -0.3 is 15.2 Å². The number of ether oxygens (including phenoxy) is 1. The average Bonchev–Trinajstić information content (AvgIpc) is 2.73. The van der Waals surface area contributed by atoms with Crippen LogP contribution in [-0.4, -0.2) is 60.2 Å². The van der Waals surface area contributed by atoms with Crippen LogP contribution in [0.25, 0.3) is 0 Å². The van der Waals surface area contributed by atoms with Crippen molar-refractivity contribution in [3.63, 3.8) is 0 Å². The van der Waals surface area contributed by atoms with E-state index in [0.717, 1.165) is 29.8 Å². The highest BCUT2D eigenvalue weighted by Gasteiger charge is 2.06. The molecule has 0 fully saturated rings. The summed E-state index contributed by atoms with van der Waals surface area (Å²) in [7, 11) is 2.01. The maximum Gasteiger partial charge on any atom is 0.205 e. The van der Waals surface area contributed by atoms with E-state index in [2.05, 4.69) is 20.4 Å². The van der Waals surface area contributed by atoms with Crippen LogP contribution in [0.5, 0.6) is 0 Å². The molecule has 1 heterocycles. The van der Waals surface area contributed by atoms with E-state index in [-0.39, 0.29) is 6.61 Å². The van der Waals surface area contributed by atoms with E-state index in [9.17, 15) is 0 Å². The molecule has 0 aliphatic heterocycles. The lowest BCUT2D eigenvalue weighted by atomic mass is 10.5. The molecule has 0 aliphatic carbocycles. The van der Waals surface area contributed by atoms with Gasteiger partial charge in [-0.3, -0.25) is 4.90 Å². The van der Waals surface area contributed by atoms with Crippen LogP contribution in [0.2, 0.25) is 0 Å². The number of nitrogens with one attached hydrogen (secondary N) is 1. The first-order chi connectivity index (χ1) is 8.26. The summed E-state index contributed by atoms with van der Waals surface area (Å²) in [4.78, 5) is 2.12. The van der Waals surface area contributed by atoms with Crippen molar-refractivity contribution in [2.45, 2.75) is 13.5 Å². The van der Waals surface area contributed by atoms with Crippen molar-refractivity contribution in [1.29, 1.82) is 0 Å². The Morgan fingerprint density at radius 2 is 2.24 bits per heavy atom. The van der Waals surface area contributed by atoms with Crippen LogP contribution in [0.3, 0.4) is 0 Å². The molecule has 0 radical (unpaired) electrons. The number of likely N-dealkylation sites (N-methyl/N-ethyl adjacent to an activating group) is 1. The summed E-state index contributed by atoms with van der Waals surface area (Å²) < 4.78 is 5.20. The second-order valence-corrected chi connectivity index (χ2v) is 4.67. The van der Waals surface area contributed by atoms with Gasteiger partial charge in [-0.05, 0) is 14.0 Å². The molecule has 1 aromatic heterocycles. The first kappa shape index (κ1) is 14.3. The third kappa shape index (κ3) is 5.92. The molecule has 98 valence electrons. The summed E-state index contributed by atoms with van der Waals surface area (Å²) in [5.74, 6) is 0. The van der Waals surface area contributed by atoms with Crippen LogP contribution < -0.4 is 5.32 Å². The van der Waals surface area contributed by atoms with Crippen molar-refractivity contribution in [3.8, 4) is 0 Å². The second-order valence-electron chi connectivity index (χ2n) is 3.61. The molecule has 1 aromatic rings. The quantitative estimate of drug-likeness (QED) is 0.627. The first-order valence-electron chi connectivity index (χ1n) is 5.69. The molecule has 1 rings (SSSR count). The lowest BCUT2D eigenvalue weighted by Crippen LogP contribution is -2.23. The number of nitrogens with zero attached hydrogens (tertiary/aromatic N) is 3. The van der Waals surface area contributed by atoms with Crippen molar-refractivity contribution in [2.24, 2.45) is 0 Å². The third-order valence-electron chi connectivity index (χ3n) is 2.05. The predicted octanol–water partition coefficient (Wildman–Crippen LogP) is 0.411. The summed E-state index contributed by atoms with van der Waals surface area (Å²) in [6.07, 6.45) is 0. The fourth-order valence-corrected chi connectivity index (χ4v) is 2.13. The molecule has 0 spiro atoms. The van der Waals surface area contributed by atoms with E-state index >= 15 is 0 Å². The van der Waals surface area contributed by atoms with E-state index in [1.54, 1.807) is 11.3 Å². The number of rotatable bonds is 9. The smallest absolute Gasteiger partial charge is 0.205 e. The topological polar surface area (TPSA) is 70.5 Å². The summed E-state index contributed by atoms with van der Waals surface area (Å²) in [6.45, 7) is 5.58. The van der Waals surface area contributed by atoms with Gasteiger partial charge >= 0.3 is 0 Å². The Hall–Kier alpha value is -0.760. The van der Waals surface area contributed by atoms with Crippen LogP contribution in [-0.2, 0) is 11.3 Å². The van der Waals surface area contributed by atoms with Crippen molar-refractivity contribution < 1.29 is 9.84 Å². The SMILES string of the molecule is CCNc1nnc(CN(C)CCOCCO)s1. The molecule has 17 heavy (non-hydrogen) atoms. The number of hydrogen-bond donors (Lipinski definition) is 2. The normalized spacial score (nSPS) is 11.1. The molecular formula is C10H20N4O2S. The molecule has 0 atom stereocenters. The predicted molar refractivity (Wildman–Crippen MR) is 68.3 cm³/mol. The van der Waals surface area contributed by atoms with Gasteiger partial charge in [-0.15, -0.1) is 10.2 Å². The van der Waals surface area contributed by atoms with Gasteiger partial charge in [0.15, 0.2) is 0 Å². The van der Waals surface area contributed by atoms with Crippen LogP contribution in [0, 0.1) is 0 Å². The Kier molecular flexibility index (Phi) is 7.02. The third-order valence-corrected chi connectivity index (χ3v) is 2.92. The highest BCUT2D eigenvalue weighted by molar-refractivity contribution is 7.15. The maximum atomic E-state index is 8.56. The van der Waals surface area contributed by atoms with Gasteiger partial charge in [-0.25, -0.2) is 0 Å². The standard InChI is InChI=1S/C10H20N4O2S/c1-3-11-10-13-12-9(17-10)8-14(2)4-6-16-7-5-15/h15H,3-8H2,1-2H3,(H,11,13). The minimum atomic E-state index is 0.0756. The van der Waals surface area contributed by atoms with Gasteiger partial charge in [0.25, 0.3) is 0 Å². The molecule has 0 unspecified atom stereocenters. The highest BCUT2D eigenvalue weighted by atomic mass is 32.1. The van der Waals surface area contributed by atoms with E-state index < -0.39 is 0 Å². The number of hydrogen-bond acceptors (Lipinski definition) is 7. The number of aromatic nitrogens is 2. The van der Waals surface area contributed by atoms with E-state index in [0.29, 0.717) is 13.2 Å². The van der Waals surface area contributed by atoms with Gasteiger partial charge in [0.1, 0.15) is 5.01 Å². The van der Waals surface area contributed by atoms with Gasteiger partial charge in [-0.1, -0.05) is 11.3 Å². The lowest BCUT2D eigenvalue weighted by molar-refractivity contribution is 0.0772. The van der Waals surface area contributed by atoms with Crippen LogP contribution >= 0.6 is 11.3 Å². The summed E-state index contributed by atoms with van der Waals surface area (Å²) in [5.41, 5.74) is 0. The lowest BCUT2D eigenvalue weighted by Gasteiger charge is -2.14. The van der Waals surface area contributed by atoms with Crippen molar-refractivity contribution in [1.82, 2.24) is 15.1 Å². The minimum absolute atomic E-state index is 0.0756. The average molecular weight is 260 g/mol. The second kappa shape index (κ2) is 8.35. The number of aliphatic hydroxyl groups is 1. The van der Waals surface area contributed by atoms with Crippen molar-refractivity contribution in [3.05, 3.63) is 5.01 Å². The molecule has 0 saturated carbocycles. The van der Waals surface area contributed by atoms with Crippen LogP contribution in [0.1, 0.15) is 11.9 Å². The number of aliphatic hydroxyl groups excluding tert-OH is 1. The molecule has 2 N–H and O–H groups in total. The summed E-state index contributed by atoms with van der Waals surface area (Å²) >= 11 is 1.57. The van der Waals surface area contributed by atoms with E-state index in [1.807, 2.05) is 14.0 Å². The number of anilines is 1. The van der Waals surface area contributed by atoms with Crippen LogP contribution in [0.15, 0.2) is 0 Å². The molecular weight excluding hydrogens is 240 g/mol. The van der Waals surface area contributed by atoms with E-state index in [4.69, 9.17) is 9.84 Å². The molecule has 0 bridgehead atoms. The highest BCUT2D eigenvalue weighted by Crippen LogP contribution is 2.15. The van der Waals surface area contributed by atoms with E-state index in [1.165, 1.54) is 0 Å². The molecule has 0 saturated heterocycles. The van der Waals surface area contributed by atoms with Gasteiger partial charge in [-0.2, -0.15) is 0 Å². The van der Waals surface area contributed by atoms with Crippen molar-refractivity contribution in [2.75, 3.05) is 45.3 Å². The molecule has 0 aromatic carbocycles. The van der Waals surface area contributed by atoms with Gasteiger partial charge in [0.2, 0.25) is 5.13 Å². The zero-order valence-corrected chi connectivity index (χ0v) is 11.2. The zero-order valence-electron chi connectivity index (χ0n) is 10.3. The fraction of sp³-hybridized carbons (Fsp3) is 0.800. The fourth-order valence-electron chi connectivity index (χ4n) is 1.24. The Bertz CT molecular complexity index is 308. The summed E-state index contributed by atoms with van der Waals surface area (Å²) in [5, 5.41) is 21.7. The summed E-state index contributed by atoms with van der Waals surface area (Å²) in [6, 6.07) is 0. The molecule has 0 amide bonds. The van der Waals surface area contributed by atoms with Crippen molar-refractivity contribution >= 4 is 16.5 Å². The van der Waals surface area contributed by atoms with Crippen LogP contribution in [0.4, 0.5) is 5.13 Å². The Labute approximate surface area is 106 Å². The minimum Gasteiger partial charge on any atom is -0.394 e. The largest absolute Gasteiger partial charge is 0.394 e. The Morgan fingerprint density at radius 1 is 1.41 bits per heavy atom. The molecule has 7 heteroatoms.